The highest BCUT2D eigenvalue weighted by Crippen LogP contribution is 2.27. The summed E-state index contributed by atoms with van der Waals surface area (Å²) >= 11 is 0. The second-order valence-corrected chi connectivity index (χ2v) is 7.35. The summed E-state index contributed by atoms with van der Waals surface area (Å²) in [5.41, 5.74) is 1.90. The minimum Gasteiger partial charge on any atom is -0.390 e. The number of nitrogens with one attached hydrogen (secondary N) is 1. The molecule has 2 aromatic heterocycles. The normalized spacial score (nSPS) is 17.0. The fraction of sp³-hybridized carbons (Fsp3) is 0.556. The van der Waals surface area contributed by atoms with Gasteiger partial charge in [0.2, 0.25) is 0 Å². The molecule has 1 aliphatic heterocycles. The van der Waals surface area contributed by atoms with Gasteiger partial charge in [0, 0.05) is 35.9 Å². The number of aryl methyl sites for hydroxylation is 1. The number of pyridine rings is 1. The van der Waals surface area contributed by atoms with E-state index >= 15 is 0 Å². The topological polar surface area (TPSA) is 69.2 Å². The summed E-state index contributed by atoms with van der Waals surface area (Å²) in [7, 11) is 0. The first-order chi connectivity index (χ1) is 10.8. The summed E-state index contributed by atoms with van der Waals surface area (Å²) in [6, 6.07) is 3.84. The number of nitrogens with zero attached hydrogens (tertiary/aromatic N) is 2. The van der Waals surface area contributed by atoms with Crippen LogP contribution in [0.15, 0.2) is 18.3 Å². The Morgan fingerprint density at radius 2 is 2.09 bits per heavy atom. The summed E-state index contributed by atoms with van der Waals surface area (Å²) in [5, 5.41) is 10.9. The molecule has 23 heavy (non-hydrogen) atoms. The van der Waals surface area contributed by atoms with Gasteiger partial charge in [-0.1, -0.05) is 0 Å². The number of hydrogen-bond donors (Lipinski definition) is 2. The van der Waals surface area contributed by atoms with Crippen LogP contribution >= 0.6 is 0 Å². The van der Waals surface area contributed by atoms with Crippen molar-refractivity contribution in [3.05, 3.63) is 29.7 Å². The van der Waals surface area contributed by atoms with Crippen molar-refractivity contribution in [2.45, 2.75) is 45.6 Å². The first-order valence-corrected chi connectivity index (χ1v) is 8.29. The van der Waals surface area contributed by atoms with Crippen molar-refractivity contribution in [1.82, 2.24) is 14.9 Å². The number of aromatic amines is 1. The average Bonchev–Trinajstić information content (AvgIpc) is 2.88. The monoisotopic (exact) mass is 315 g/mol. The number of hydrogen-bond acceptors (Lipinski definition) is 3. The van der Waals surface area contributed by atoms with Gasteiger partial charge in [-0.3, -0.25) is 9.78 Å². The molecule has 0 radical (unpaired) electrons. The molecule has 2 aromatic rings. The number of piperidine rings is 1. The SMILES string of the molecule is Cc1cc2[nH]c(C(=O)N3CCC(CC(C)(C)O)CC3)cc2cn1. The molecule has 0 unspecified atom stereocenters. The lowest BCUT2D eigenvalue weighted by atomic mass is 9.86. The number of aromatic nitrogens is 2. The fourth-order valence-electron chi connectivity index (χ4n) is 3.46. The van der Waals surface area contributed by atoms with Crippen LogP contribution in [0.1, 0.15) is 49.3 Å². The third-order valence-electron chi connectivity index (χ3n) is 4.56. The van der Waals surface area contributed by atoms with Gasteiger partial charge in [0.25, 0.3) is 5.91 Å². The summed E-state index contributed by atoms with van der Waals surface area (Å²) < 4.78 is 0. The molecule has 1 amide bonds. The molecule has 5 nitrogen and oxygen atoms in total. The minimum absolute atomic E-state index is 0.0561. The Balaban J connectivity index is 1.66. The Bertz CT molecular complexity index is 707. The molecule has 2 N–H and O–H groups in total. The molecular formula is C18H25N3O2. The van der Waals surface area contributed by atoms with Gasteiger partial charge in [-0.15, -0.1) is 0 Å². The van der Waals surface area contributed by atoms with Crippen LogP contribution in [0.4, 0.5) is 0 Å². The third kappa shape index (κ3) is 3.72. The highest BCUT2D eigenvalue weighted by molar-refractivity contribution is 5.97. The van der Waals surface area contributed by atoms with E-state index in [0.29, 0.717) is 11.6 Å². The average molecular weight is 315 g/mol. The van der Waals surface area contributed by atoms with Gasteiger partial charge >= 0.3 is 0 Å². The van der Waals surface area contributed by atoms with Crippen molar-refractivity contribution in [2.24, 2.45) is 5.92 Å². The molecule has 1 saturated heterocycles. The molecule has 0 aromatic carbocycles. The van der Waals surface area contributed by atoms with E-state index in [4.69, 9.17) is 0 Å². The number of carbonyl (C=O) groups is 1. The van der Waals surface area contributed by atoms with E-state index < -0.39 is 5.60 Å². The summed E-state index contributed by atoms with van der Waals surface area (Å²) in [6.07, 6.45) is 4.51. The molecule has 3 heterocycles. The van der Waals surface area contributed by atoms with E-state index in [2.05, 4.69) is 9.97 Å². The molecule has 0 atom stereocenters. The number of aliphatic hydroxyl groups is 1. The Morgan fingerprint density at radius 3 is 2.74 bits per heavy atom. The number of fused-ring (bicyclic) bond motifs is 1. The first kappa shape index (κ1) is 16.0. The lowest BCUT2D eigenvalue weighted by Gasteiger charge is -2.34. The maximum absolute atomic E-state index is 12.7. The summed E-state index contributed by atoms with van der Waals surface area (Å²) in [5.74, 6) is 0.550. The van der Waals surface area contributed by atoms with Gasteiger partial charge in [0.1, 0.15) is 5.69 Å². The molecule has 1 fully saturated rings. The van der Waals surface area contributed by atoms with Crippen LogP contribution in [0.2, 0.25) is 0 Å². The van der Waals surface area contributed by atoms with E-state index in [-0.39, 0.29) is 5.91 Å². The van der Waals surface area contributed by atoms with Crippen molar-refractivity contribution in [1.29, 1.82) is 0 Å². The van der Waals surface area contributed by atoms with Crippen LogP contribution in [0.5, 0.6) is 0 Å². The second-order valence-electron chi connectivity index (χ2n) is 7.35. The number of H-pyrrole nitrogens is 1. The smallest absolute Gasteiger partial charge is 0.270 e. The van der Waals surface area contributed by atoms with Crippen molar-refractivity contribution in [3.8, 4) is 0 Å². The van der Waals surface area contributed by atoms with Crippen molar-refractivity contribution < 1.29 is 9.90 Å². The van der Waals surface area contributed by atoms with Crippen molar-refractivity contribution >= 4 is 16.8 Å². The maximum Gasteiger partial charge on any atom is 0.270 e. The Kier molecular flexibility index (Phi) is 4.15. The van der Waals surface area contributed by atoms with Gasteiger partial charge in [-0.25, -0.2) is 0 Å². The van der Waals surface area contributed by atoms with Crippen molar-refractivity contribution in [2.75, 3.05) is 13.1 Å². The molecule has 124 valence electrons. The molecule has 3 rings (SSSR count). The summed E-state index contributed by atoms with van der Waals surface area (Å²) in [4.78, 5) is 22.1. The van der Waals surface area contributed by atoms with Crippen LogP contribution in [-0.2, 0) is 0 Å². The number of carbonyl (C=O) groups excluding carboxylic acids is 1. The van der Waals surface area contributed by atoms with Crippen LogP contribution in [0, 0.1) is 12.8 Å². The lowest BCUT2D eigenvalue weighted by Crippen LogP contribution is -2.40. The molecule has 1 aliphatic rings. The van der Waals surface area contributed by atoms with E-state index in [1.807, 2.05) is 37.8 Å². The standard InChI is InChI=1S/C18H25N3O2/c1-12-8-15-14(11-19-12)9-16(20-15)17(22)21-6-4-13(5-7-21)10-18(2,3)23/h8-9,11,13,20,23H,4-7,10H2,1-3H3. The van der Waals surface area contributed by atoms with Gasteiger partial charge in [-0.05, 0) is 58.1 Å². The molecule has 0 spiro atoms. The highest BCUT2D eigenvalue weighted by Gasteiger charge is 2.27. The minimum atomic E-state index is -0.626. The molecule has 0 bridgehead atoms. The van der Waals surface area contributed by atoms with Crippen LogP contribution < -0.4 is 0 Å². The zero-order valence-corrected chi connectivity index (χ0v) is 14.1. The van der Waals surface area contributed by atoms with Crippen LogP contribution in [0.3, 0.4) is 0 Å². The molecule has 0 aliphatic carbocycles. The first-order valence-electron chi connectivity index (χ1n) is 8.29. The van der Waals surface area contributed by atoms with Gasteiger partial charge in [0.15, 0.2) is 0 Å². The predicted octanol–water partition coefficient (Wildman–Crippen LogP) is 2.88. The Morgan fingerprint density at radius 1 is 1.39 bits per heavy atom. The number of likely N-dealkylation sites (tertiary alicyclic amines) is 1. The second kappa shape index (κ2) is 5.96. The third-order valence-corrected chi connectivity index (χ3v) is 4.56. The van der Waals surface area contributed by atoms with Crippen LogP contribution in [0.25, 0.3) is 10.9 Å². The largest absolute Gasteiger partial charge is 0.390 e. The Hall–Kier alpha value is -1.88. The van der Waals surface area contributed by atoms with Gasteiger partial charge < -0.3 is 15.0 Å². The Labute approximate surface area is 136 Å². The fourth-order valence-corrected chi connectivity index (χ4v) is 3.46. The van der Waals surface area contributed by atoms with Gasteiger partial charge in [0.05, 0.1) is 5.60 Å². The van der Waals surface area contributed by atoms with Crippen LogP contribution in [-0.4, -0.2) is 44.6 Å². The van der Waals surface area contributed by atoms with E-state index in [9.17, 15) is 9.90 Å². The predicted molar refractivity (Wildman–Crippen MR) is 90.4 cm³/mol. The molecule has 5 heteroatoms. The molecular weight excluding hydrogens is 290 g/mol. The quantitative estimate of drug-likeness (QED) is 0.915. The number of rotatable bonds is 3. The lowest BCUT2D eigenvalue weighted by molar-refractivity contribution is 0.0357. The van der Waals surface area contributed by atoms with E-state index in [1.165, 1.54) is 0 Å². The summed E-state index contributed by atoms with van der Waals surface area (Å²) in [6.45, 7) is 7.16. The number of amides is 1. The highest BCUT2D eigenvalue weighted by atomic mass is 16.3. The van der Waals surface area contributed by atoms with E-state index in [1.54, 1.807) is 6.20 Å². The maximum atomic E-state index is 12.7. The van der Waals surface area contributed by atoms with Gasteiger partial charge in [-0.2, -0.15) is 0 Å². The molecule has 0 saturated carbocycles. The van der Waals surface area contributed by atoms with E-state index in [0.717, 1.165) is 48.9 Å². The zero-order valence-electron chi connectivity index (χ0n) is 14.1. The van der Waals surface area contributed by atoms with Crippen molar-refractivity contribution in [3.63, 3.8) is 0 Å². The zero-order chi connectivity index (χ0) is 16.6.